The van der Waals surface area contributed by atoms with Gasteiger partial charge in [-0.25, -0.2) is 0 Å². The Morgan fingerprint density at radius 2 is 1.50 bits per heavy atom. The molecule has 0 atom stereocenters. The summed E-state index contributed by atoms with van der Waals surface area (Å²) in [7, 11) is -5.25. The van der Waals surface area contributed by atoms with Crippen LogP contribution >= 0.6 is 0 Å². The van der Waals surface area contributed by atoms with Crippen molar-refractivity contribution in [3.8, 4) is 0 Å². The lowest BCUT2D eigenvalue weighted by Crippen LogP contribution is -2.54. The number of pyridine rings is 1. The minimum Gasteiger partial charge on any atom is -0.415 e. The molecule has 0 aliphatic carbocycles. The fourth-order valence-corrected chi connectivity index (χ4v) is 13.9. The minimum absolute atomic E-state index is 0.503. The molecule has 0 aliphatic heterocycles. The van der Waals surface area contributed by atoms with Gasteiger partial charge < -0.3 is 21.8 Å². The average Bonchev–Trinajstić information content (AvgIpc) is 2.44. The van der Waals surface area contributed by atoms with Crippen LogP contribution in [0.4, 0.5) is 0 Å². The molecule has 0 N–H and O–H groups in total. The van der Waals surface area contributed by atoms with Crippen LogP contribution in [0.15, 0.2) is 24.5 Å². The maximum atomic E-state index is 6.33. The Morgan fingerprint density at radius 3 is 2.04 bits per heavy atom. The van der Waals surface area contributed by atoms with Crippen molar-refractivity contribution in [1.82, 2.24) is 4.98 Å². The highest BCUT2D eigenvalue weighted by molar-refractivity contribution is 6.84. The van der Waals surface area contributed by atoms with Crippen LogP contribution in [0.3, 0.4) is 0 Å². The third-order valence-electron chi connectivity index (χ3n) is 3.03. The molecule has 6 nitrogen and oxygen atoms in total. The summed E-state index contributed by atoms with van der Waals surface area (Å²) < 4.78 is 29.5. The first-order valence-corrected chi connectivity index (χ1v) is 16.6. The van der Waals surface area contributed by atoms with E-state index in [0.717, 1.165) is 5.56 Å². The van der Waals surface area contributed by atoms with E-state index in [9.17, 15) is 0 Å². The van der Waals surface area contributed by atoms with Gasteiger partial charge in [-0.05, 0) is 50.9 Å². The highest BCUT2D eigenvalue weighted by Crippen LogP contribution is 2.22. The zero-order chi connectivity index (χ0) is 18.3. The van der Waals surface area contributed by atoms with Crippen molar-refractivity contribution in [2.45, 2.75) is 45.9 Å². The summed E-state index contributed by atoms with van der Waals surface area (Å²) in [5, 5.41) is 0. The molecule has 0 spiro atoms. The lowest BCUT2D eigenvalue weighted by Gasteiger charge is -2.37. The molecule has 0 fully saturated rings. The number of nitrogens with zero attached hydrogens (tertiary/aromatic N) is 1. The lowest BCUT2D eigenvalue weighted by molar-refractivity contribution is 0.125. The molecule has 0 amide bonds. The van der Waals surface area contributed by atoms with Crippen molar-refractivity contribution in [3.63, 3.8) is 0 Å². The predicted octanol–water partition coefficient (Wildman–Crippen LogP) is 3.40. The van der Waals surface area contributed by atoms with Gasteiger partial charge in [-0.15, -0.1) is 0 Å². The summed E-state index contributed by atoms with van der Waals surface area (Å²) in [5.41, 5.74) is 1.04. The predicted molar refractivity (Wildman–Crippen MR) is 101 cm³/mol. The van der Waals surface area contributed by atoms with E-state index in [2.05, 4.69) is 4.98 Å². The normalized spacial score (nSPS) is 13.3. The summed E-state index contributed by atoms with van der Waals surface area (Å²) in [6, 6.07) is 3.90. The quantitative estimate of drug-likeness (QED) is 0.427. The van der Waals surface area contributed by atoms with Gasteiger partial charge in [-0.3, -0.25) is 4.98 Å². The molecule has 1 aromatic rings. The van der Waals surface area contributed by atoms with Crippen molar-refractivity contribution in [1.29, 1.82) is 0 Å². The van der Waals surface area contributed by atoms with Gasteiger partial charge in [0, 0.05) is 19.5 Å². The maximum absolute atomic E-state index is 6.33. The molecule has 0 saturated carbocycles. The van der Waals surface area contributed by atoms with Gasteiger partial charge in [0.1, 0.15) is 0 Å². The Balaban J connectivity index is 2.53. The van der Waals surface area contributed by atoms with Crippen LogP contribution in [0.2, 0.25) is 39.3 Å². The second-order valence-electron chi connectivity index (χ2n) is 6.89. The highest BCUT2D eigenvalue weighted by atomic mass is 28.5. The van der Waals surface area contributed by atoms with Crippen LogP contribution in [0.5, 0.6) is 0 Å². The van der Waals surface area contributed by atoms with Gasteiger partial charge in [0.2, 0.25) is 0 Å². The third-order valence-corrected chi connectivity index (χ3v) is 12.6. The number of hydrogen-bond acceptors (Lipinski definition) is 6. The summed E-state index contributed by atoms with van der Waals surface area (Å²) in [4.78, 5) is 4.10. The zero-order valence-electron chi connectivity index (χ0n) is 15.9. The van der Waals surface area contributed by atoms with Crippen LogP contribution in [0.1, 0.15) is 5.56 Å². The zero-order valence-corrected chi connectivity index (χ0v) is 18.9. The summed E-state index contributed by atoms with van der Waals surface area (Å²) >= 11 is 0. The summed E-state index contributed by atoms with van der Waals surface area (Å²) in [5.74, 6) is 0. The smallest absolute Gasteiger partial charge is 0.323 e. The molecule has 0 bridgehead atoms. The first-order valence-electron chi connectivity index (χ1n) is 8.11. The average molecular weight is 390 g/mol. The van der Waals surface area contributed by atoms with Crippen molar-refractivity contribution >= 4 is 25.7 Å². The van der Waals surface area contributed by atoms with Gasteiger partial charge in [0.25, 0.3) is 0 Å². The van der Waals surface area contributed by atoms with Crippen molar-refractivity contribution in [2.24, 2.45) is 0 Å². The fourth-order valence-electron chi connectivity index (χ4n) is 2.38. The Hall–Kier alpha value is -0.399. The molecular weight excluding hydrogens is 358 g/mol. The number of aromatic nitrogens is 1. The first-order chi connectivity index (χ1) is 11.1. The maximum Gasteiger partial charge on any atom is 0.323 e. The standard InChI is InChI=1S/C15H31NO5Si3/c1-17-11-12-18-22(2,3)20-24(6,7)21-23(4,5)19-14-15-9-8-10-16-13-15/h8-10,13H,11-12,14H2,1-7H3. The van der Waals surface area contributed by atoms with E-state index in [1.165, 1.54) is 0 Å². The number of methoxy groups -OCH3 is 1. The Kier molecular flexibility index (Phi) is 8.42. The fraction of sp³-hybridized carbons (Fsp3) is 0.667. The van der Waals surface area contributed by atoms with Crippen molar-refractivity contribution < 1.29 is 21.8 Å². The Labute approximate surface area is 149 Å². The van der Waals surface area contributed by atoms with E-state index in [-0.39, 0.29) is 0 Å². The second-order valence-corrected chi connectivity index (χ2v) is 17.5. The SMILES string of the molecule is COCCO[Si](C)(C)O[Si](C)(C)O[Si](C)(C)OCc1cccnc1. The second kappa shape index (κ2) is 9.34. The van der Waals surface area contributed by atoms with E-state index >= 15 is 0 Å². The van der Waals surface area contributed by atoms with Gasteiger partial charge in [0.05, 0.1) is 19.8 Å². The minimum atomic E-state index is -2.36. The van der Waals surface area contributed by atoms with E-state index in [0.29, 0.717) is 19.8 Å². The molecule has 1 rings (SSSR count). The molecule has 9 heteroatoms. The lowest BCUT2D eigenvalue weighted by atomic mass is 10.3. The first kappa shape index (κ1) is 21.6. The van der Waals surface area contributed by atoms with Crippen molar-refractivity contribution in [3.05, 3.63) is 30.1 Å². The molecular formula is C15H31NO5Si3. The summed E-state index contributed by atoms with van der Waals surface area (Å²) in [6.45, 7) is 13.9. The Morgan fingerprint density at radius 1 is 0.875 bits per heavy atom. The Bertz CT molecular complexity index is 485. The molecule has 1 heterocycles. The third kappa shape index (κ3) is 9.18. The monoisotopic (exact) mass is 389 g/mol. The number of ether oxygens (including phenoxy) is 1. The van der Waals surface area contributed by atoms with Gasteiger partial charge >= 0.3 is 25.7 Å². The number of hydrogen-bond donors (Lipinski definition) is 0. The van der Waals surface area contributed by atoms with E-state index < -0.39 is 25.7 Å². The van der Waals surface area contributed by atoms with Crippen LogP contribution in [-0.4, -0.2) is 51.0 Å². The molecule has 0 unspecified atom stereocenters. The van der Waals surface area contributed by atoms with Gasteiger partial charge in [-0.2, -0.15) is 0 Å². The molecule has 24 heavy (non-hydrogen) atoms. The van der Waals surface area contributed by atoms with Crippen LogP contribution in [0.25, 0.3) is 0 Å². The molecule has 0 saturated heterocycles. The molecule has 0 aromatic carbocycles. The molecule has 0 radical (unpaired) electrons. The van der Waals surface area contributed by atoms with Gasteiger partial charge in [0.15, 0.2) is 0 Å². The summed E-state index contributed by atoms with van der Waals surface area (Å²) in [6.07, 6.45) is 3.56. The van der Waals surface area contributed by atoms with Crippen molar-refractivity contribution in [2.75, 3.05) is 20.3 Å². The van der Waals surface area contributed by atoms with Crippen LogP contribution < -0.4 is 0 Å². The van der Waals surface area contributed by atoms with Crippen LogP contribution in [0, 0.1) is 0 Å². The van der Waals surface area contributed by atoms with E-state index in [1.54, 1.807) is 13.3 Å². The molecule has 0 aliphatic rings. The van der Waals surface area contributed by atoms with E-state index in [1.807, 2.05) is 57.6 Å². The largest absolute Gasteiger partial charge is 0.415 e. The number of rotatable bonds is 11. The van der Waals surface area contributed by atoms with Crippen LogP contribution in [-0.2, 0) is 28.4 Å². The molecule has 138 valence electrons. The van der Waals surface area contributed by atoms with E-state index in [4.69, 9.17) is 21.8 Å². The molecule has 1 aromatic heterocycles. The van der Waals surface area contributed by atoms with Gasteiger partial charge in [-0.1, -0.05) is 6.07 Å². The highest BCUT2D eigenvalue weighted by Gasteiger charge is 2.41. The topological polar surface area (TPSA) is 59.0 Å².